The summed E-state index contributed by atoms with van der Waals surface area (Å²) in [6, 6.07) is 3.45. The van der Waals surface area contributed by atoms with E-state index in [0.717, 1.165) is 22.1 Å². The van der Waals surface area contributed by atoms with Gasteiger partial charge in [-0.15, -0.1) is 0 Å². The van der Waals surface area contributed by atoms with E-state index in [0.29, 0.717) is 19.2 Å². The molecule has 3 aromatic rings. The molecule has 4 rings (SSSR count). The van der Waals surface area contributed by atoms with E-state index in [1.54, 1.807) is 23.1 Å². The highest BCUT2D eigenvalue weighted by molar-refractivity contribution is 5.69. The Balaban J connectivity index is 1.49. The van der Waals surface area contributed by atoms with Gasteiger partial charge in [0.2, 0.25) is 0 Å². The number of alkyl halides is 3. The van der Waals surface area contributed by atoms with E-state index in [1.165, 1.54) is 0 Å². The van der Waals surface area contributed by atoms with E-state index in [4.69, 9.17) is 0 Å². The zero-order valence-corrected chi connectivity index (χ0v) is 12.9. The molecule has 0 aromatic carbocycles. The second-order valence-corrected chi connectivity index (χ2v) is 5.92. The smallest absolute Gasteiger partial charge is 0.354 e. The normalized spacial score (nSPS) is 15.6. The van der Waals surface area contributed by atoms with E-state index >= 15 is 0 Å². The second-order valence-electron chi connectivity index (χ2n) is 5.92. The van der Waals surface area contributed by atoms with Gasteiger partial charge in [0.25, 0.3) is 5.56 Å². The minimum atomic E-state index is -4.57. The van der Waals surface area contributed by atoms with Crippen molar-refractivity contribution in [1.82, 2.24) is 24.4 Å². The van der Waals surface area contributed by atoms with Crippen molar-refractivity contribution in [2.75, 3.05) is 18.0 Å². The highest BCUT2D eigenvalue weighted by Gasteiger charge is 2.34. The highest BCUT2D eigenvalue weighted by atomic mass is 19.4. The van der Waals surface area contributed by atoms with Crippen LogP contribution in [0.15, 0.2) is 41.6 Å². The minimum Gasteiger partial charge on any atom is -0.354 e. The fourth-order valence-electron chi connectivity index (χ4n) is 2.92. The van der Waals surface area contributed by atoms with E-state index in [-0.39, 0.29) is 12.5 Å². The summed E-state index contributed by atoms with van der Waals surface area (Å²) >= 11 is 0. The fraction of sp³-hybridized carbons (Fsp3) is 0.333. The van der Waals surface area contributed by atoms with Gasteiger partial charge in [0.05, 0.1) is 12.7 Å². The first kappa shape index (κ1) is 15.6. The molecule has 1 aliphatic rings. The summed E-state index contributed by atoms with van der Waals surface area (Å²) < 4.78 is 40.8. The van der Waals surface area contributed by atoms with Crippen molar-refractivity contribution in [2.24, 2.45) is 5.92 Å². The van der Waals surface area contributed by atoms with Gasteiger partial charge in [0.15, 0.2) is 11.5 Å². The molecule has 0 bridgehead atoms. The van der Waals surface area contributed by atoms with Crippen LogP contribution in [0.1, 0.15) is 5.69 Å². The maximum absolute atomic E-state index is 12.7. The molecular weight excluding hydrogens is 337 g/mol. The van der Waals surface area contributed by atoms with Gasteiger partial charge in [0, 0.05) is 37.5 Å². The molecule has 0 radical (unpaired) electrons. The van der Waals surface area contributed by atoms with Gasteiger partial charge in [-0.1, -0.05) is 0 Å². The van der Waals surface area contributed by atoms with Gasteiger partial charge in [-0.05, 0) is 12.1 Å². The van der Waals surface area contributed by atoms with Crippen molar-refractivity contribution in [2.45, 2.75) is 12.7 Å². The third-order valence-electron chi connectivity index (χ3n) is 4.15. The monoisotopic (exact) mass is 350 g/mol. The number of aromatic nitrogens is 5. The van der Waals surface area contributed by atoms with Gasteiger partial charge in [-0.25, -0.2) is 14.2 Å². The molecule has 0 amide bonds. The van der Waals surface area contributed by atoms with Crippen LogP contribution in [0.4, 0.5) is 19.0 Å². The predicted octanol–water partition coefficient (Wildman–Crippen LogP) is 1.44. The topological polar surface area (TPSA) is 68.3 Å². The number of fused-ring (bicyclic) bond motifs is 1. The van der Waals surface area contributed by atoms with Crippen LogP contribution in [0.5, 0.6) is 0 Å². The Hall–Kier alpha value is -2.91. The summed E-state index contributed by atoms with van der Waals surface area (Å²) in [4.78, 5) is 18.1. The van der Waals surface area contributed by atoms with E-state index in [1.807, 2.05) is 11.0 Å². The van der Waals surface area contributed by atoms with Gasteiger partial charge in [-0.3, -0.25) is 4.79 Å². The van der Waals surface area contributed by atoms with E-state index in [9.17, 15) is 18.0 Å². The summed E-state index contributed by atoms with van der Waals surface area (Å²) in [6.07, 6.45) is 0.482. The zero-order valence-electron chi connectivity index (χ0n) is 12.9. The SMILES string of the molecule is O=c1ccc(C(F)(F)F)nn1CC1CN(c2nccn3nccc23)C1. The Bertz CT molecular complexity index is 973. The van der Waals surface area contributed by atoms with Crippen molar-refractivity contribution in [3.05, 3.63) is 52.8 Å². The molecule has 0 N–H and O–H groups in total. The van der Waals surface area contributed by atoms with Crippen LogP contribution in [0, 0.1) is 5.92 Å². The molecular formula is C15H13F3N6O. The van der Waals surface area contributed by atoms with Gasteiger partial charge in [-0.2, -0.15) is 23.4 Å². The first-order valence-electron chi connectivity index (χ1n) is 7.60. The van der Waals surface area contributed by atoms with Gasteiger partial charge >= 0.3 is 6.18 Å². The summed E-state index contributed by atoms with van der Waals surface area (Å²) in [7, 11) is 0. The van der Waals surface area contributed by atoms with Crippen molar-refractivity contribution in [3.63, 3.8) is 0 Å². The Morgan fingerprint density at radius 1 is 1.16 bits per heavy atom. The molecule has 10 heteroatoms. The molecule has 0 aliphatic carbocycles. The highest BCUT2D eigenvalue weighted by Crippen LogP contribution is 2.28. The quantitative estimate of drug-likeness (QED) is 0.715. The summed E-state index contributed by atoms with van der Waals surface area (Å²) in [5.41, 5.74) is -0.744. The van der Waals surface area contributed by atoms with Crippen molar-refractivity contribution in [3.8, 4) is 0 Å². The lowest BCUT2D eigenvalue weighted by atomic mass is 10.0. The molecule has 7 nitrogen and oxygen atoms in total. The van der Waals surface area contributed by atoms with Crippen LogP contribution in [0.2, 0.25) is 0 Å². The van der Waals surface area contributed by atoms with Crippen LogP contribution in [-0.4, -0.2) is 37.5 Å². The molecule has 4 heterocycles. The van der Waals surface area contributed by atoms with Crippen LogP contribution in [-0.2, 0) is 12.7 Å². The Morgan fingerprint density at radius 3 is 2.72 bits per heavy atom. The van der Waals surface area contributed by atoms with Crippen molar-refractivity contribution >= 4 is 11.3 Å². The molecule has 1 fully saturated rings. The predicted molar refractivity (Wildman–Crippen MR) is 82.2 cm³/mol. The van der Waals surface area contributed by atoms with Crippen molar-refractivity contribution in [1.29, 1.82) is 0 Å². The Kier molecular flexibility index (Phi) is 3.48. The summed E-state index contributed by atoms with van der Waals surface area (Å²) in [6.45, 7) is 1.31. The van der Waals surface area contributed by atoms with Gasteiger partial charge < -0.3 is 4.90 Å². The second kappa shape index (κ2) is 5.57. The van der Waals surface area contributed by atoms with Crippen molar-refractivity contribution < 1.29 is 13.2 Å². The molecule has 0 spiro atoms. The Morgan fingerprint density at radius 2 is 1.96 bits per heavy atom. The van der Waals surface area contributed by atoms with Crippen LogP contribution >= 0.6 is 0 Å². The van der Waals surface area contributed by atoms with E-state index < -0.39 is 17.4 Å². The molecule has 1 saturated heterocycles. The largest absolute Gasteiger partial charge is 0.435 e. The molecule has 1 aliphatic heterocycles. The average Bonchev–Trinajstić information content (AvgIpc) is 2.99. The third kappa shape index (κ3) is 2.83. The number of anilines is 1. The lowest BCUT2D eigenvalue weighted by molar-refractivity contribution is -0.142. The maximum Gasteiger partial charge on any atom is 0.435 e. The standard InChI is InChI=1S/C15H13F3N6O/c16-15(17,18)12-1-2-13(25)24(21-12)9-10-7-22(8-10)14-11-3-4-20-23(11)6-5-19-14/h1-6,10H,7-9H2. The van der Waals surface area contributed by atoms with Crippen LogP contribution in [0.3, 0.4) is 0 Å². The third-order valence-corrected chi connectivity index (χ3v) is 4.15. The number of hydrogen-bond donors (Lipinski definition) is 0. The minimum absolute atomic E-state index is 0.0265. The summed E-state index contributed by atoms with van der Waals surface area (Å²) in [5, 5.41) is 7.57. The Labute approximate surface area is 139 Å². The molecule has 3 aromatic heterocycles. The number of halogens is 3. The maximum atomic E-state index is 12.7. The first-order valence-corrected chi connectivity index (χ1v) is 7.60. The molecule has 0 atom stereocenters. The van der Waals surface area contributed by atoms with E-state index in [2.05, 4.69) is 15.2 Å². The fourth-order valence-corrected chi connectivity index (χ4v) is 2.92. The lowest BCUT2D eigenvalue weighted by Crippen LogP contribution is -2.50. The van der Waals surface area contributed by atoms with Crippen LogP contribution in [0.25, 0.3) is 5.52 Å². The van der Waals surface area contributed by atoms with Crippen LogP contribution < -0.4 is 10.5 Å². The van der Waals surface area contributed by atoms with Gasteiger partial charge in [0.1, 0.15) is 5.52 Å². The number of rotatable bonds is 3. The summed E-state index contributed by atoms with van der Waals surface area (Å²) in [5.74, 6) is 0.791. The zero-order chi connectivity index (χ0) is 17.6. The number of hydrogen-bond acceptors (Lipinski definition) is 5. The lowest BCUT2D eigenvalue weighted by Gasteiger charge is -2.40. The molecule has 130 valence electrons. The average molecular weight is 350 g/mol. The molecule has 25 heavy (non-hydrogen) atoms. The molecule has 0 saturated carbocycles. The molecule has 0 unspecified atom stereocenters. The first-order chi connectivity index (χ1) is 11.9. The number of nitrogens with zero attached hydrogens (tertiary/aromatic N) is 6.